The molecule has 1 aromatic heterocycles. The van der Waals surface area contributed by atoms with Crippen LogP contribution in [-0.2, 0) is 13.0 Å². The largest absolute Gasteiger partial charge is 0.326 e. The summed E-state index contributed by atoms with van der Waals surface area (Å²) in [5, 5.41) is 5.58. The van der Waals surface area contributed by atoms with E-state index in [0.29, 0.717) is 16.6 Å². The molecule has 0 bridgehead atoms. The monoisotopic (exact) mass is 269 g/mol. The molecule has 2 rings (SSSR count). The highest BCUT2D eigenvalue weighted by atomic mass is 35.5. The first-order valence-corrected chi connectivity index (χ1v) is 6.14. The Balaban J connectivity index is 2.59. The molecule has 0 spiro atoms. The maximum atomic E-state index is 6.16. The number of halogens is 2. The lowest BCUT2D eigenvalue weighted by molar-refractivity contribution is 0.807. The second-order valence-corrected chi connectivity index (χ2v) is 4.53. The molecule has 90 valence electrons. The Bertz CT molecular complexity index is 535. The van der Waals surface area contributed by atoms with Crippen molar-refractivity contribution >= 4 is 23.2 Å². The Labute approximate surface area is 110 Å². The van der Waals surface area contributed by atoms with E-state index in [0.717, 1.165) is 23.4 Å². The molecule has 17 heavy (non-hydrogen) atoms. The summed E-state index contributed by atoms with van der Waals surface area (Å²) in [4.78, 5) is 0. The number of aromatic nitrogens is 2. The van der Waals surface area contributed by atoms with Crippen LogP contribution in [0.4, 0.5) is 0 Å². The molecule has 1 heterocycles. The lowest BCUT2D eigenvalue weighted by Crippen LogP contribution is -2.05. The molecule has 0 unspecified atom stereocenters. The first-order valence-electron chi connectivity index (χ1n) is 5.38. The molecule has 5 heteroatoms. The van der Waals surface area contributed by atoms with Crippen molar-refractivity contribution < 1.29 is 0 Å². The average Bonchev–Trinajstić information content (AvgIpc) is 2.74. The van der Waals surface area contributed by atoms with E-state index in [2.05, 4.69) is 12.0 Å². The van der Waals surface area contributed by atoms with Gasteiger partial charge >= 0.3 is 0 Å². The molecule has 0 saturated carbocycles. The van der Waals surface area contributed by atoms with Crippen LogP contribution in [-0.4, -0.2) is 9.78 Å². The van der Waals surface area contributed by atoms with Crippen molar-refractivity contribution in [3.8, 4) is 5.69 Å². The summed E-state index contributed by atoms with van der Waals surface area (Å²) in [7, 11) is 0. The van der Waals surface area contributed by atoms with Gasteiger partial charge < -0.3 is 5.73 Å². The molecular formula is C12H13Cl2N3. The second-order valence-electron chi connectivity index (χ2n) is 3.68. The number of nitrogens with zero attached hydrogens (tertiary/aromatic N) is 2. The van der Waals surface area contributed by atoms with E-state index < -0.39 is 0 Å². The molecule has 0 atom stereocenters. The van der Waals surface area contributed by atoms with Crippen molar-refractivity contribution in [3.63, 3.8) is 0 Å². The lowest BCUT2D eigenvalue weighted by Gasteiger charge is -2.09. The quantitative estimate of drug-likeness (QED) is 0.930. The van der Waals surface area contributed by atoms with Gasteiger partial charge in [0.05, 0.1) is 16.9 Å². The Morgan fingerprint density at radius 2 is 2.12 bits per heavy atom. The van der Waals surface area contributed by atoms with Gasteiger partial charge in [-0.1, -0.05) is 30.1 Å². The first-order chi connectivity index (χ1) is 8.17. The van der Waals surface area contributed by atoms with Gasteiger partial charge in [-0.15, -0.1) is 0 Å². The van der Waals surface area contributed by atoms with Gasteiger partial charge in [0.1, 0.15) is 0 Å². The maximum absolute atomic E-state index is 6.16. The van der Waals surface area contributed by atoms with E-state index in [4.69, 9.17) is 28.9 Å². The van der Waals surface area contributed by atoms with Gasteiger partial charge in [-0.2, -0.15) is 5.10 Å². The fourth-order valence-electron chi connectivity index (χ4n) is 1.81. The highest BCUT2D eigenvalue weighted by Crippen LogP contribution is 2.26. The van der Waals surface area contributed by atoms with Crippen LogP contribution in [0, 0.1) is 0 Å². The van der Waals surface area contributed by atoms with Crippen LogP contribution < -0.4 is 5.73 Å². The van der Waals surface area contributed by atoms with Crippen molar-refractivity contribution in [2.45, 2.75) is 19.9 Å². The van der Waals surface area contributed by atoms with Crippen molar-refractivity contribution in [2.24, 2.45) is 5.73 Å². The molecule has 3 nitrogen and oxygen atoms in total. The zero-order valence-electron chi connectivity index (χ0n) is 9.45. The summed E-state index contributed by atoms with van der Waals surface area (Å²) in [6.45, 7) is 2.53. The fraction of sp³-hybridized carbons (Fsp3) is 0.250. The van der Waals surface area contributed by atoms with Gasteiger partial charge in [-0.05, 0) is 24.6 Å². The van der Waals surface area contributed by atoms with E-state index in [-0.39, 0.29) is 0 Å². The van der Waals surface area contributed by atoms with Gasteiger partial charge in [0.2, 0.25) is 0 Å². The van der Waals surface area contributed by atoms with E-state index in [1.54, 1.807) is 29.1 Å². The minimum Gasteiger partial charge on any atom is -0.326 e. The van der Waals surface area contributed by atoms with Crippen LogP contribution in [0.25, 0.3) is 5.69 Å². The van der Waals surface area contributed by atoms with Crippen molar-refractivity contribution in [2.75, 3.05) is 0 Å². The molecular weight excluding hydrogens is 257 g/mol. The predicted octanol–water partition coefficient (Wildman–Crippen LogP) is 3.20. The normalized spacial score (nSPS) is 10.8. The number of benzene rings is 1. The Hall–Kier alpha value is -1.03. The van der Waals surface area contributed by atoms with Crippen LogP contribution in [0.2, 0.25) is 10.0 Å². The fourth-order valence-corrected chi connectivity index (χ4v) is 2.17. The SMILES string of the molecule is CCc1c(CN)cnn1-c1cc(Cl)ccc1Cl. The van der Waals surface area contributed by atoms with Gasteiger partial charge in [0, 0.05) is 22.8 Å². The number of hydrogen-bond donors (Lipinski definition) is 1. The summed E-state index contributed by atoms with van der Waals surface area (Å²) in [5.74, 6) is 0. The molecule has 0 aliphatic carbocycles. The highest BCUT2D eigenvalue weighted by molar-refractivity contribution is 6.34. The highest BCUT2D eigenvalue weighted by Gasteiger charge is 2.12. The van der Waals surface area contributed by atoms with Gasteiger partial charge in [-0.3, -0.25) is 0 Å². The number of nitrogens with two attached hydrogens (primary N) is 1. The Kier molecular flexibility index (Phi) is 3.72. The van der Waals surface area contributed by atoms with Crippen molar-refractivity contribution in [1.82, 2.24) is 9.78 Å². The van der Waals surface area contributed by atoms with Crippen molar-refractivity contribution in [1.29, 1.82) is 0 Å². The second kappa shape index (κ2) is 5.08. The molecule has 0 amide bonds. The van der Waals surface area contributed by atoms with E-state index in [1.807, 2.05) is 0 Å². The standard InChI is InChI=1S/C12H13Cl2N3/c1-2-11-8(6-15)7-16-17(11)12-5-9(13)3-4-10(12)14/h3-5,7H,2,6,15H2,1H3. The van der Waals surface area contributed by atoms with Crippen LogP contribution in [0.15, 0.2) is 24.4 Å². The molecule has 2 N–H and O–H groups in total. The van der Waals surface area contributed by atoms with Crippen LogP contribution in [0.3, 0.4) is 0 Å². The first kappa shape index (κ1) is 12.4. The smallest absolute Gasteiger partial charge is 0.0849 e. The summed E-state index contributed by atoms with van der Waals surface area (Å²) in [6, 6.07) is 5.32. The lowest BCUT2D eigenvalue weighted by atomic mass is 10.2. The zero-order valence-corrected chi connectivity index (χ0v) is 11.0. The zero-order chi connectivity index (χ0) is 12.4. The molecule has 0 fully saturated rings. The Morgan fingerprint density at radius 3 is 2.76 bits per heavy atom. The van der Waals surface area contributed by atoms with Gasteiger partial charge in [0.25, 0.3) is 0 Å². The molecule has 0 radical (unpaired) electrons. The molecule has 2 aromatic rings. The topological polar surface area (TPSA) is 43.8 Å². The van der Waals surface area contributed by atoms with Gasteiger partial charge in [0.15, 0.2) is 0 Å². The van der Waals surface area contributed by atoms with Crippen LogP contribution >= 0.6 is 23.2 Å². The third-order valence-corrected chi connectivity index (χ3v) is 3.20. The Morgan fingerprint density at radius 1 is 1.35 bits per heavy atom. The third-order valence-electron chi connectivity index (χ3n) is 2.65. The third kappa shape index (κ3) is 2.32. The summed E-state index contributed by atoms with van der Waals surface area (Å²) < 4.78 is 1.80. The molecule has 0 aliphatic heterocycles. The van der Waals surface area contributed by atoms with Crippen LogP contribution in [0.1, 0.15) is 18.2 Å². The minimum absolute atomic E-state index is 0.474. The summed E-state index contributed by atoms with van der Waals surface area (Å²) >= 11 is 12.1. The molecule has 0 aliphatic rings. The van der Waals surface area contributed by atoms with Crippen LogP contribution in [0.5, 0.6) is 0 Å². The molecule has 0 saturated heterocycles. The number of rotatable bonds is 3. The predicted molar refractivity (Wildman–Crippen MR) is 70.9 cm³/mol. The van der Waals surface area contributed by atoms with E-state index in [1.165, 1.54) is 0 Å². The average molecular weight is 270 g/mol. The summed E-state index contributed by atoms with van der Waals surface area (Å²) in [5.41, 5.74) is 8.56. The van der Waals surface area contributed by atoms with Gasteiger partial charge in [-0.25, -0.2) is 4.68 Å². The summed E-state index contributed by atoms with van der Waals surface area (Å²) in [6.07, 6.45) is 2.62. The molecule has 1 aromatic carbocycles. The van der Waals surface area contributed by atoms with Crippen molar-refractivity contribution in [3.05, 3.63) is 45.7 Å². The van der Waals surface area contributed by atoms with E-state index >= 15 is 0 Å². The van der Waals surface area contributed by atoms with E-state index in [9.17, 15) is 0 Å². The maximum Gasteiger partial charge on any atom is 0.0849 e. The minimum atomic E-state index is 0.474. The number of hydrogen-bond acceptors (Lipinski definition) is 2.